The Morgan fingerprint density at radius 1 is 1.10 bits per heavy atom. The summed E-state index contributed by atoms with van der Waals surface area (Å²) in [6.07, 6.45) is 0. The van der Waals surface area contributed by atoms with E-state index in [0.29, 0.717) is 17.3 Å². The fourth-order valence-corrected chi connectivity index (χ4v) is 2.40. The molecule has 0 spiro atoms. The van der Waals surface area contributed by atoms with Crippen LogP contribution in [0.3, 0.4) is 0 Å². The van der Waals surface area contributed by atoms with Gasteiger partial charge in [-0.15, -0.1) is 0 Å². The van der Waals surface area contributed by atoms with Crippen molar-refractivity contribution < 1.29 is 36.6 Å². The van der Waals surface area contributed by atoms with E-state index in [-0.39, 0.29) is 18.1 Å². The molecule has 0 aliphatic carbocycles. The molecule has 1 aromatic heterocycles. The van der Waals surface area contributed by atoms with Crippen molar-refractivity contribution in [2.75, 3.05) is 12.4 Å². The number of ether oxygens (including phenoxy) is 3. The average molecular weight is 407 g/mol. The zero-order chi connectivity index (χ0) is 20.8. The summed E-state index contributed by atoms with van der Waals surface area (Å²) < 4.78 is 58.5. The molecule has 29 heavy (non-hydrogen) atoms. The largest absolute Gasteiger partial charge is 0.497 e. The van der Waals surface area contributed by atoms with E-state index in [2.05, 4.69) is 10.1 Å². The number of anilines is 1. The third kappa shape index (κ3) is 5.44. The quantitative estimate of drug-likeness (QED) is 0.578. The minimum absolute atomic E-state index is 0.0523. The van der Waals surface area contributed by atoms with Gasteiger partial charge in [0.15, 0.2) is 11.5 Å². The smallest absolute Gasteiger partial charge is 0.387 e. The third-order valence-corrected chi connectivity index (χ3v) is 3.72. The minimum atomic E-state index is -3.17. The lowest BCUT2D eigenvalue weighted by atomic mass is 10.2. The Balaban J connectivity index is 1.65. The number of carbonyl (C=O) groups is 1. The van der Waals surface area contributed by atoms with Gasteiger partial charge in [0.1, 0.15) is 29.7 Å². The maximum absolute atomic E-state index is 13.3. The number of nitrogens with one attached hydrogen (secondary N) is 1. The van der Waals surface area contributed by atoms with Gasteiger partial charge in [-0.1, -0.05) is 6.07 Å². The van der Waals surface area contributed by atoms with Crippen molar-refractivity contribution in [2.45, 2.75) is 13.2 Å². The van der Waals surface area contributed by atoms with Crippen LogP contribution >= 0.6 is 0 Å². The number of amides is 1. The van der Waals surface area contributed by atoms with Crippen LogP contribution < -0.4 is 19.5 Å². The molecule has 0 saturated heterocycles. The number of rotatable bonds is 8. The van der Waals surface area contributed by atoms with Crippen molar-refractivity contribution in [3.63, 3.8) is 0 Å². The predicted octanol–water partition coefficient (Wildman–Crippen LogP) is 4.86. The molecule has 0 fully saturated rings. The Kier molecular flexibility index (Phi) is 6.28. The Morgan fingerprint density at radius 3 is 2.66 bits per heavy atom. The molecule has 6 nitrogen and oxygen atoms in total. The molecule has 0 saturated carbocycles. The summed E-state index contributed by atoms with van der Waals surface area (Å²) in [6.45, 7) is -3.12. The van der Waals surface area contributed by atoms with E-state index in [4.69, 9.17) is 13.9 Å². The molecule has 0 unspecified atom stereocenters. The van der Waals surface area contributed by atoms with E-state index in [1.54, 1.807) is 24.3 Å². The molecular formula is C20H16F3NO5. The highest BCUT2D eigenvalue weighted by Gasteiger charge is 2.17. The van der Waals surface area contributed by atoms with Crippen LogP contribution in [0.25, 0.3) is 0 Å². The van der Waals surface area contributed by atoms with E-state index < -0.39 is 24.1 Å². The molecule has 0 atom stereocenters. The van der Waals surface area contributed by atoms with Gasteiger partial charge in [0.05, 0.1) is 12.8 Å². The summed E-state index contributed by atoms with van der Waals surface area (Å²) in [5.74, 6) is -0.545. The monoisotopic (exact) mass is 407 g/mol. The van der Waals surface area contributed by atoms with Crippen molar-refractivity contribution in [2.24, 2.45) is 0 Å². The summed E-state index contributed by atoms with van der Waals surface area (Å²) in [6, 6.07) is 12.8. The van der Waals surface area contributed by atoms with E-state index in [0.717, 1.165) is 18.2 Å². The third-order valence-electron chi connectivity index (χ3n) is 3.72. The lowest BCUT2D eigenvalue weighted by Gasteiger charge is -2.11. The second-order valence-electron chi connectivity index (χ2n) is 5.71. The molecule has 2 aromatic carbocycles. The normalized spacial score (nSPS) is 10.7. The molecule has 3 aromatic rings. The molecular weight excluding hydrogens is 391 g/mol. The zero-order valence-electron chi connectivity index (χ0n) is 15.2. The second-order valence-corrected chi connectivity index (χ2v) is 5.71. The van der Waals surface area contributed by atoms with Crippen LogP contribution in [0, 0.1) is 5.82 Å². The van der Waals surface area contributed by atoms with Crippen LogP contribution in [0.2, 0.25) is 0 Å². The van der Waals surface area contributed by atoms with Crippen molar-refractivity contribution >= 4 is 11.6 Å². The molecule has 0 aliphatic heterocycles. The van der Waals surface area contributed by atoms with Gasteiger partial charge in [-0.25, -0.2) is 4.39 Å². The number of furan rings is 1. The molecule has 0 radical (unpaired) electrons. The summed E-state index contributed by atoms with van der Waals surface area (Å²) in [5, 5.41) is 2.35. The molecule has 0 bridgehead atoms. The van der Waals surface area contributed by atoms with Crippen LogP contribution in [0.1, 0.15) is 16.3 Å². The molecule has 1 amide bonds. The number of halogens is 3. The van der Waals surface area contributed by atoms with E-state index in [1.165, 1.54) is 19.2 Å². The van der Waals surface area contributed by atoms with Crippen LogP contribution in [-0.2, 0) is 6.61 Å². The summed E-state index contributed by atoms with van der Waals surface area (Å²) in [7, 11) is 1.54. The highest BCUT2D eigenvalue weighted by Crippen LogP contribution is 2.28. The molecule has 1 heterocycles. The predicted molar refractivity (Wildman–Crippen MR) is 97.0 cm³/mol. The number of benzene rings is 2. The lowest BCUT2D eigenvalue weighted by molar-refractivity contribution is -0.0495. The number of hydrogen-bond acceptors (Lipinski definition) is 5. The second kappa shape index (κ2) is 9.05. The van der Waals surface area contributed by atoms with Gasteiger partial charge in [-0.2, -0.15) is 8.78 Å². The Bertz CT molecular complexity index is 990. The van der Waals surface area contributed by atoms with Crippen LogP contribution in [-0.4, -0.2) is 19.6 Å². The first-order chi connectivity index (χ1) is 13.9. The van der Waals surface area contributed by atoms with E-state index in [9.17, 15) is 18.0 Å². The first kappa shape index (κ1) is 20.1. The summed E-state index contributed by atoms with van der Waals surface area (Å²) in [5.41, 5.74) is -0.123. The highest BCUT2D eigenvalue weighted by atomic mass is 19.3. The van der Waals surface area contributed by atoms with Gasteiger partial charge in [-0.3, -0.25) is 4.79 Å². The van der Waals surface area contributed by atoms with Crippen molar-refractivity contribution in [1.82, 2.24) is 0 Å². The molecule has 9 heteroatoms. The average Bonchev–Trinajstić information content (AvgIpc) is 3.17. The summed E-state index contributed by atoms with van der Waals surface area (Å²) in [4.78, 5) is 12.3. The maximum Gasteiger partial charge on any atom is 0.387 e. The topological polar surface area (TPSA) is 69.9 Å². The molecule has 152 valence electrons. The first-order valence-electron chi connectivity index (χ1n) is 8.36. The van der Waals surface area contributed by atoms with Gasteiger partial charge in [0.25, 0.3) is 5.91 Å². The number of methoxy groups -OCH3 is 1. The van der Waals surface area contributed by atoms with Crippen molar-refractivity contribution in [3.05, 3.63) is 71.9 Å². The van der Waals surface area contributed by atoms with Gasteiger partial charge >= 0.3 is 6.61 Å². The minimum Gasteiger partial charge on any atom is -0.497 e. The van der Waals surface area contributed by atoms with Gasteiger partial charge in [0, 0.05) is 12.1 Å². The van der Waals surface area contributed by atoms with E-state index >= 15 is 0 Å². The van der Waals surface area contributed by atoms with E-state index in [1.807, 2.05) is 0 Å². The zero-order valence-corrected chi connectivity index (χ0v) is 15.2. The first-order valence-corrected chi connectivity index (χ1v) is 8.36. The fourth-order valence-electron chi connectivity index (χ4n) is 2.40. The Labute approximate surface area is 163 Å². The number of hydrogen-bond donors (Lipinski definition) is 1. The number of alkyl halides is 2. The lowest BCUT2D eigenvalue weighted by Crippen LogP contribution is -2.13. The standard InChI is InChI=1S/C20H16F3NO5/c1-26-13-3-2-4-14(10-13)27-11-15-6-8-17(28-15)19(25)24-16-7-5-12(21)9-18(16)29-20(22)23/h2-10,20H,11H2,1H3,(H,24,25). The van der Waals surface area contributed by atoms with Crippen LogP contribution in [0.5, 0.6) is 17.2 Å². The van der Waals surface area contributed by atoms with Crippen molar-refractivity contribution in [1.29, 1.82) is 0 Å². The summed E-state index contributed by atoms with van der Waals surface area (Å²) >= 11 is 0. The molecule has 1 N–H and O–H groups in total. The van der Waals surface area contributed by atoms with Crippen molar-refractivity contribution in [3.8, 4) is 17.2 Å². The SMILES string of the molecule is COc1cccc(OCc2ccc(C(=O)Nc3ccc(F)cc3OC(F)F)o2)c1. The van der Waals surface area contributed by atoms with Gasteiger partial charge < -0.3 is 23.9 Å². The highest BCUT2D eigenvalue weighted by molar-refractivity contribution is 6.03. The van der Waals surface area contributed by atoms with Crippen LogP contribution in [0.15, 0.2) is 59.0 Å². The fraction of sp³-hybridized carbons (Fsp3) is 0.150. The number of carbonyl (C=O) groups excluding carboxylic acids is 1. The Morgan fingerprint density at radius 2 is 1.90 bits per heavy atom. The van der Waals surface area contributed by atoms with Gasteiger partial charge in [-0.05, 0) is 36.4 Å². The molecule has 0 aliphatic rings. The van der Waals surface area contributed by atoms with Gasteiger partial charge in [0.2, 0.25) is 0 Å². The Hall–Kier alpha value is -3.62. The molecule has 3 rings (SSSR count). The van der Waals surface area contributed by atoms with Crippen LogP contribution in [0.4, 0.5) is 18.9 Å². The maximum atomic E-state index is 13.3.